The predicted molar refractivity (Wildman–Crippen MR) is 326 cm³/mol. The average Bonchev–Trinajstić information content (AvgIpc) is 3.62. The van der Waals surface area contributed by atoms with Gasteiger partial charge in [0.05, 0.1) is 24.4 Å². The van der Waals surface area contributed by atoms with Crippen molar-refractivity contribution in [2.24, 2.45) is 59.2 Å². The Morgan fingerprint density at radius 3 is 1.15 bits per heavy atom. The Labute approximate surface area is 524 Å². The number of nitrogens with one attached hydrogen (secondary N) is 4. The van der Waals surface area contributed by atoms with Crippen molar-refractivity contribution in [2.45, 2.75) is 242 Å². The molecule has 3 fully saturated rings. The summed E-state index contributed by atoms with van der Waals surface area (Å²) < 4.78 is 52.6. The first-order valence-corrected chi connectivity index (χ1v) is 32.9. The van der Waals surface area contributed by atoms with Crippen LogP contribution in [0.3, 0.4) is 0 Å². The Bertz CT molecular complexity index is 2130. The van der Waals surface area contributed by atoms with Gasteiger partial charge in [-0.3, -0.25) is 43.2 Å². The molecule has 0 radical (unpaired) electrons. The second-order valence-electron chi connectivity index (χ2n) is 25.2. The van der Waals surface area contributed by atoms with Crippen molar-refractivity contribution in [1.29, 1.82) is 0 Å². The van der Waals surface area contributed by atoms with Crippen LogP contribution in [0.25, 0.3) is 0 Å². The van der Waals surface area contributed by atoms with E-state index in [0.717, 1.165) is 0 Å². The number of unbranched alkanes of at least 4 members (excludes halogenated alkanes) is 5. The maximum absolute atomic E-state index is 14.3. The maximum Gasteiger partial charge on any atom is 0.303 e. The number of ether oxygens (including phenoxy) is 9. The summed E-state index contributed by atoms with van der Waals surface area (Å²) in [6, 6.07) is -0.922. The van der Waals surface area contributed by atoms with Gasteiger partial charge in [-0.05, 0) is 113 Å². The molecule has 3 aliphatic heterocycles. The highest BCUT2D eigenvalue weighted by Gasteiger charge is 2.43. The van der Waals surface area contributed by atoms with E-state index in [0.29, 0.717) is 110 Å². The Hall–Kier alpha value is -4.81. The molecule has 506 valence electrons. The van der Waals surface area contributed by atoms with Crippen LogP contribution in [0.5, 0.6) is 0 Å². The molecule has 0 saturated carbocycles. The molecule has 5 N–H and O–H groups in total. The SMILES string of the molecule is CC(=O)OCC1O[C@@H](OCCCCC(=O)NCCCCC(CC(=O)C(CCCCNC(=O)CCCCO[C@@H]2OC(COC(C)=O)[C@H](C)[C@H](C)C2C)NC(=O)CCCCO[C@@H]2OC(COC(C)=O)[C@H](C)[C@H](C)C2C)C(=O)NCCCC(=O)O)C(C)[C@@H](C)[C@H]1C. The van der Waals surface area contributed by atoms with Crippen molar-refractivity contribution in [3.8, 4) is 0 Å². The second-order valence-corrected chi connectivity index (χ2v) is 25.2. The van der Waals surface area contributed by atoms with Crippen molar-refractivity contribution in [1.82, 2.24) is 21.3 Å². The van der Waals surface area contributed by atoms with Gasteiger partial charge in [0.15, 0.2) is 24.7 Å². The zero-order valence-corrected chi connectivity index (χ0v) is 55.2. The molecule has 0 bridgehead atoms. The Balaban J connectivity index is 1.55. The van der Waals surface area contributed by atoms with Crippen LogP contribution in [-0.4, -0.2) is 161 Å². The van der Waals surface area contributed by atoms with E-state index >= 15 is 0 Å². The first kappa shape index (κ1) is 77.4. The first-order chi connectivity index (χ1) is 41.8. The van der Waals surface area contributed by atoms with Crippen LogP contribution >= 0.6 is 0 Å². The van der Waals surface area contributed by atoms with Gasteiger partial charge in [0.1, 0.15) is 19.8 Å². The number of carbonyl (C=O) groups is 9. The molecule has 4 amide bonds. The Morgan fingerprint density at radius 1 is 0.409 bits per heavy atom. The van der Waals surface area contributed by atoms with Crippen LogP contribution in [0, 0.1) is 59.2 Å². The lowest BCUT2D eigenvalue weighted by Crippen LogP contribution is -2.47. The standard InChI is InChI=1S/C65H112N4O19/c1-40-43(4)55(37-83-49(10)70)86-63(46(40)7)80-33-20-15-26-58(74)66-30-18-13-24-52(62(79)68-32-23-29-61(77)78)36-54(73)53(69-60(76)28-17-22-35-82-65-48(9)42(3)45(6)57(88-65)39-85-51(12)72)25-14-19-31-67-59(75)27-16-21-34-81-64-47(8)41(2)44(5)56(87-64)38-84-50(11)71/h40-48,52-53,55-57,63-65H,13-39H2,1-12H3,(H,66,74)(H,67,75)(H,68,79)(H,69,76)(H,77,78)/t40-,41-,42-,43+,44+,45+,46?,47?,48?,52?,53?,55?,56?,57?,63+,64+,65+/m0/s1. The zero-order valence-electron chi connectivity index (χ0n) is 55.2. The fourth-order valence-corrected chi connectivity index (χ4v) is 11.5. The van der Waals surface area contributed by atoms with Gasteiger partial charge >= 0.3 is 23.9 Å². The molecule has 3 rings (SSSR count). The number of carboxylic acid groups (broad SMARTS) is 1. The Kier molecular flexibility index (Phi) is 37.2. The lowest BCUT2D eigenvalue weighted by atomic mass is 9.79. The number of rotatable bonds is 43. The molecule has 8 unspecified atom stereocenters. The van der Waals surface area contributed by atoms with E-state index in [2.05, 4.69) is 83.6 Å². The highest BCUT2D eigenvalue weighted by molar-refractivity contribution is 5.92. The minimum absolute atomic E-state index is 0.0794. The highest BCUT2D eigenvalue weighted by atomic mass is 16.7. The number of Topliss-reactive ketones (excluding diaryl/α,β-unsaturated/α-hetero) is 1. The minimum Gasteiger partial charge on any atom is -0.481 e. The van der Waals surface area contributed by atoms with Gasteiger partial charge < -0.3 is 69.0 Å². The van der Waals surface area contributed by atoms with Gasteiger partial charge in [0.2, 0.25) is 23.6 Å². The third-order valence-corrected chi connectivity index (χ3v) is 18.5. The summed E-state index contributed by atoms with van der Waals surface area (Å²) >= 11 is 0. The molecule has 0 aromatic heterocycles. The molecule has 3 aliphatic rings. The molecule has 0 aliphatic carbocycles. The smallest absolute Gasteiger partial charge is 0.303 e. The van der Waals surface area contributed by atoms with Crippen LogP contribution in [0.4, 0.5) is 0 Å². The number of carboxylic acids is 1. The molecular formula is C65H112N4O19. The van der Waals surface area contributed by atoms with E-state index in [1.807, 2.05) is 0 Å². The Morgan fingerprint density at radius 2 is 0.773 bits per heavy atom. The van der Waals surface area contributed by atoms with Gasteiger partial charge in [-0.25, -0.2) is 0 Å². The van der Waals surface area contributed by atoms with Crippen LogP contribution < -0.4 is 21.3 Å². The summed E-state index contributed by atoms with van der Waals surface area (Å²) in [4.78, 5) is 113. The number of ketones is 1. The highest BCUT2D eigenvalue weighted by Crippen LogP contribution is 2.38. The molecule has 0 aromatic rings. The van der Waals surface area contributed by atoms with Crippen LogP contribution in [0.1, 0.15) is 199 Å². The summed E-state index contributed by atoms with van der Waals surface area (Å²) in [7, 11) is 0. The van der Waals surface area contributed by atoms with E-state index in [9.17, 15) is 48.3 Å². The fraction of sp³-hybridized carbons (Fsp3) is 0.862. The van der Waals surface area contributed by atoms with Crippen LogP contribution in [0.15, 0.2) is 0 Å². The molecule has 88 heavy (non-hydrogen) atoms. The quantitative estimate of drug-likeness (QED) is 0.0221. The van der Waals surface area contributed by atoms with Crippen molar-refractivity contribution in [2.75, 3.05) is 59.3 Å². The van der Waals surface area contributed by atoms with Gasteiger partial charge in [-0.15, -0.1) is 0 Å². The lowest BCUT2D eigenvalue weighted by molar-refractivity contribution is -0.255. The first-order valence-electron chi connectivity index (χ1n) is 32.9. The largest absolute Gasteiger partial charge is 0.481 e. The van der Waals surface area contributed by atoms with E-state index < -0.39 is 42.7 Å². The number of hydrogen-bond donors (Lipinski definition) is 5. The van der Waals surface area contributed by atoms with Gasteiger partial charge in [0.25, 0.3) is 0 Å². The van der Waals surface area contributed by atoms with E-state index in [1.54, 1.807) is 0 Å². The maximum atomic E-state index is 14.3. The number of aliphatic carboxylic acids is 1. The molecule has 23 heteroatoms. The normalized spacial score (nSPS) is 27.7. The van der Waals surface area contributed by atoms with Crippen LogP contribution in [-0.2, 0) is 85.8 Å². The zero-order chi connectivity index (χ0) is 65.3. The summed E-state index contributed by atoms with van der Waals surface area (Å²) in [5.41, 5.74) is 0. The average molecular weight is 1250 g/mol. The number of carbonyl (C=O) groups excluding carboxylic acids is 8. The number of hydrogen-bond acceptors (Lipinski definition) is 18. The van der Waals surface area contributed by atoms with E-state index in [4.69, 9.17) is 42.6 Å². The van der Waals surface area contributed by atoms with E-state index in [-0.39, 0.29) is 178 Å². The molecule has 17 atom stereocenters. The second kappa shape index (κ2) is 42.3. The molecule has 23 nitrogen and oxygen atoms in total. The lowest BCUT2D eigenvalue weighted by Gasteiger charge is -2.43. The van der Waals surface area contributed by atoms with Crippen molar-refractivity contribution < 1.29 is 90.9 Å². The molecule has 3 heterocycles. The summed E-state index contributed by atoms with van der Waals surface area (Å²) in [5, 5.41) is 20.8. The molecule has 0 aromatic carbocycles. The molecule has 0 spiro atoms. The van der Waals surface area contributed by atoms with Gasteiger partial charge in [-0.1, -0.05) is 68.7 Å². The molecule has 3 saturated heterocycles. The van der Waals surface area contributed by atoms with Crippen molar-refractivity contribution in [3.05, 3.63) is 0 Å². The summed E-state index contributed by atoms with van der Waals surface area (Å²) in [6.45, 7) is 25.4. The van der Waals surface area contributed by atoms with E-state index in [1.165, 1.54) is 20.8 Å². The van der Waals surface area contributed by atoms with Crippen molar-refractivity contribution in [3.63, 3.8) is 0 Å². The van der Waals surface area contributed by atoms with Crippen LogP contribution in [0.2, 0.25) is 0 Å². The summed E-state index contributed by atoms with van der Waals surface area (Å²) in [6.07, 6.45) is 4.37. The molecular weight excluding hydrogens is 1140 g/mol. The van der Waals surface area contributed by atoms with Gasteiger partial charge in [-0.2, -0.15) is 0 Å². The topological polar surface area (TPSA) is 305 Å². The monoisotopic (exact) mass is 1250 g/mol. The third-order valence-electron chi connectivity index (χ3n) is 18.5. The minimum atomic E-state index is -0.995. The number of esters is 3. The van der Waals surface area contributed by atoms with Gasteiger partial charge in [0, 0.05) is 116 Å². The van der Waals surface area contributed by atoms with Crippen molar-refractivity contribution >= 4 is 53.3 Å². The number of amides is 4. The summed E-state index contributed by atoms with van der Waals surface area (Å²) in [5.74, 6) is -2.52. The predicted octanol–water partition coefficient (Wildman–Crippen LogP) is 7.75. The fourth-order valence-electron chi connectivity index (χ4n) is 11.5. The third kappa shape index (κ3) is 29.4.